The van der Waals surface area contributed by atoms with Crippen molar-refractivity contribution < 1.29 is 4.42 Å². The molecule has 3 aromatic heterocycles. The van der Waals surface area contributed by atoms with E-state index in [0.29, 0.717) is 11.6 Å². The number of oxazole rings is 1. The molecule has 1 fully saturated rings. The van der Waals surface area contributed by atoms with E-state index < -0.39 is 0 Å². The molecule has 0 radical (unpaired) electrons. The highest BCUT2D eigenvalue weighted by Gasteiger charge is 2.21. The van der Waals surface area contributed by atoms with Crippen LogP contribution in [0.3, 0.4) is 0 Å². The molecule has 3 aromatic rings. The van der Waals surface area contributed by atoms with Gasteiger partial charge in [-0.05, 0) is 50.9 Å². The first kappa shape index (κ1) is 17.6. The van der Waals surface area contributed by atoms with Gasteiger partial charge in [-0.2, -0.15) is 0 Å². The van der Waals surface area contributed by atoms with Crippen LogP contribution in [0.15, 0.2) is 52.5 Å². The van der Waals surface area contributed by atoms with Crippen LogP contribution in [0.2, 0.25) is 0 Å². The molecule has 0 spiro atoms. The van der Waals surface area contributed by atoms with Gasteiger partial charge in [-0.25, -0.2) is 9.97 Å². The van der Waals surface area contributed by atoms with Gasteiger partial charge in [0.15, 0.2) is 6.39 Å². The normalized spacial score (nSPS) is 15.9. The van der Waals surface area contributed by atoms with Crippen LogP contribution >= 0.6 is 0 Å². The van der Waals surface area contributed by atoms with Crippen molar-refractivity contribution in [1.29, 1.82) is 0 Å². The predicted molar refractivity (Wildman–Crippen MR) is 101 cm³/mol. The minimum atomic E-state index is -0.00235. The maximum Gasteiger partial charge on any atom is 0.253 e. The molecule has 0 saturated carbocycles. The highest BCUT2D eigenvalue weighted by molar-refractivity contribution is 5.57. The summed E-state index contributed by atoms with van der Waals surface area (Å²) >= 11 is 0. The minimum absolute atomic E-state index is 0.00235. The van der Waals surface area contributed by atoms with E-state index in [1.54, 1.807) is 29.4 Å². The second-order valence-corrected chi connectivity index (χ2v) is 7.08. The largest absolute Gasteiger partial charge is 0.448 e. The summed E-state index contributed by atoms with van der Waals surface area (Å²) in [5.74, 6) is 1.38. The van der Waals surface area contributed by atoms with Crippen molar-refractivity contribution in [2.24, 2.45) is 5.92 Å². The van der Waals surface area contributed by atoms with Gasteiger partial charge in [0.25, 0.3) is 5.56 Å². The monoisotopic (exact) mass is 365 g/mol. The summed E-state index contributed by atoms with van der Waals surface area (Å²) in [7, 11) is 0. The van der Waals surface area contributed by atoms with Crippen molar-refractivity contribution >= 4 is 0 Å². The molecule has 140 valence electrons. The molecule has 0 unspecified atom stereocenters. The van der Waals surface area contributed by atoms with Gasteiger partial charge in [-0.1, -0.05) is 0 Å². The van der Waals surface area contributed by atoms with Crippen LogP contribution in [-0.2, 0) is 13.1 Å². The molecule has 4 heterocycles. The van der Waals surface area contributed by atoms with Crippen LogP contribution in [0.4, 0.5) is 0 Å². The molecule has 0 atom stereocenters. The third kappa shape index (κ3) is 4.14. The van der Waals surface area contributed by atoms with Gasteiger partial charge in [-0.3, -0.25) is 19.2 Å². The van der Waals surface area contributed by atoms with Gasteiger partial charge in [-0.15, -0.1) is 0 Å². The van der Waals surface area contributed by atoms with E-state index in [1.165, 1.54) is 6.39 Å². The third-order valence-corrected chi connectivity index (χ3v) is 5.24. The number of pyridine rings is 1. The van der Waals surface area contributed by atoms with E-state index >= 15 is 0 Å². The molecule has 7 heteroatoms. The first-order valence-corrected chi connectivity index (χ1v) is 9.27. The van der Waals surface area contributed by atoms with Crippen molar-refractivity contribution in [2.45, 2.75) is 32.9 Å². The second-order valence-electron chi connectivity index (χ2n) is 7.08. The molecule has 1 aliphatic rings. The van der Waals surface area contributed by atoms with E-state index in [9.17, 15) is 4.79 Å². The van der Waals surface area contributed by atoms with Crippen molar-refractivity contribution in [3.05, 3.63) is 65.1 Å². The van der Waals surface area contributed by atoms with Crippen LogP contribution < -0.4 is 5.56 Å². The smallest absolute Gasteiger partial charge is 0.253 e. The van der Waals surface area contributed by atoms with Gasteiger partial charge >= 0.3 is 0 Å². The molecule has 0 amide bonds. The molecule has 1 aliphatic heterocycles. The summed E-state index contributed by atoms with van der Waals surface area (Å²) in [4.78, 5) is 27.6. The van der Waals surface area contributed by atoms with E-state index in [1.807, 2.05) is 19.1 Å². The summed E-state index contributed by atoms with van der Waals surface area (Å²) in [5.41, 5.74) is 2.61. The first-order valence-electron chi connectivity index (χ1n) is 9.27. The standard InChI is InChI=1S/C20H23N5O2/c1-15-19(23-14-27-15)12-24-8-4-16(5-9-24)11-25-13-22-18(10-20(25)26)17-2-6-21-7-3-17/h2-3,6-7,10,13-14,16H,4-5,8-9,11-12H2,1H3. The Hall–Kier alpha value is -2.80. The Morgan fingerprint density at radius 1 is 1.19 bits per heavy atom. The zero-order chi connectivity index (χ0) is 18.6. The Labute approximate surface area is 157 Å². The van der Waals surface area contributed by atoms with E-state index in [0.717, 1.165) is 56.0 Å². The maximum atomic E-state index is 12.5. The van der Waals surface area contributed by atoms with E-state index in [4.69, 9.17) is 4.42 Å². The van der Waals surface area contributed by atoms with Crippen LogP contribution in [0, 0.1) is 12.8 Å². The molecule has 7 nitrogen and oxygen atoms in total. The topological polar surface area (TPSA) is 77.1 Å². The summed E-state index contributed by atoms with van der Waals surface area (Å²) in [6.07, 6.45) is 8.72. The average Bonchev–Trinajstić information content (AvgIpc) is 3.10. The van der Waals surface area contributed by atoms with E-state index in [2.05, 4.69) is 19.9 Å². The summed E-state index contributed by atoms with van der Waals surface area (Å²) < 4.78 is 7.00. The van der Waals surface area contributed by atoms with Gasteiger partial charge in [0.05, 0.1) is 17.7 Å². The van der Waals surface area contributed by atoms with Gasteiger partial charge in [0.1, 0.15) is 5.76 Å². The molecule has 0 N–H and O–H groups in total. The molecule has 0 aromatic carbocycles. The summed E-state index contributed by atoms with van der Waals surface area (Å²) in [6, 6.07) is 5.33. The first-order chi connectivity index (χ1) is 13.2. The third-order valence-electron chi connectivity index (χ3n) is 5.24. The van der Waals surface area contributed by atoms with Crippen molar-refractivity contribution in [3.8, 4) is 11.3 Å². The Bertz CT molecular complexity index is 942. The van der Waals surface area contributed by atoms with Crippen LogP contribution in [0.1, 0.15) is 24.3 Å². The lowest BCUT2D eigenvalue weighted by Gasteiger charge is -2.31. The highest BCUT2D eigenvalue weighted by Crippen LogP contribution is 2.21. The minimum Gasteiger partial charge on any atom is -0.448 e. The highest BCUT2D eigenvalue weighted by atomic mass is 16.3. The predicted octanol–water partition coefficient (Wildman–Crippen LogP) is 2.51. The fourth-order valence-electron chi connectivity index (χ4n) is 3.54. The molecule has 1 saturated heterocycles. The van der Waals surface area contributed by atoms with E-state index in [-0.39, 0.29) is 5.56 Å². The van der Waals surface area contributed by atoms with Crippen LogP contribution in [-0.4, -0.2) is 37.5 Å². The van der Waals surface area contributed by atoms with Gasteiger partial charge < -0.3 is 4.42 Å². The van der Waals surface area contributed by atoms with Gasteiger partial charge in [0.2, 0.25) is 0 Å². The summed E-state index contributed by atoms with van der Waals surface area (Å²) in [5, 5.41) is 0. The molecular formula is C20H23N5O2. The zero-order valence-electron chi connectivity index (χ0n) is 15.4. The lowest BCUT2D eigenvalue weighted by molar-refractivity contribution is 0.164. The molecule has 0 bridgehead atoms. The zero-order valence-corrected chi connectivity index (χ0v) is 15.4. The lowest BCUT2D eigenvalue weighted by Crippen LogP contribution is -2.36. The number of aromatic nitrogens is 4. The van der Waals surface area contributed by atoms with Crippen LogP contribution in [0.5, 0.6) is 0 Å². The average molecular weight is 365 g/mol. The number of rotatable bonds is 5. The van der Waals surface area contributed by atoms with Crippen LogP contribution in [0.25, 0.3) is 11.3 Å². The Morgan fingerprint density at radius 2 is 1.96 bits per heavy atom. The van der Waals surface area contributed by atoms with Crippen molar-refractivity contribution in [1.82, 2.24) is 24.4 Å². The Morgan fingerprint density at radius 3 is 2.63 bits per heavy atom. The number of piperidine rings is 1. The molecule has 27 heavy (non-hydrogen) atoms. The summed E-state index contributed by atoms with van der Waals surface area (Å²) in [6.45, 7) is 5.52. The number of hydrogen-bond acceptors (Lipinski definition) is 6. The number of hydrogen-bond donors (Lipinski definition) is 0. The fourth-order valence-corrected chi connectivity index (χ4v) is 3.54. The van der Waals surface area contributed by atoms with Crippen molar-refractivity contribution in [3.63, 3.8) is 0 Å². The number of aryl methyl sites for hydroxylation is 1. The Kier molecular flexibility index (Phi) is 5.11. The molecule has 4 rings (SSSR count). The fraction of sp³-hybridized carbons (Fsp3) is 0.400. The number of likely N-dealkylation sites (tertiary alicyclic amines) is 1. The quantitative estimate of drug-likeness (QED) is 0.691. The van der Waals surface area contributed by atoms with Gasteiger partial charge in [0, 0.05) is 37.1 Å². The SMILES string of the molecule is Cc1ocnc1CN1CCC(Cn2cnc(-c3ccncc3)cc2=O)CC1. The van der Waals surface area contributed by atoms with Crippen molar-refractivity contribution in [2.75, 3.05) is 13.1 Å². The second kappa shape index (κ2) is 7.84. The maximum absolute atomic E-state index is 12.5. The number of nitrogens with zero attached hydrogens (tertiary/aromatic N) is 5. The molecular weight excluding hydrogens is 342 g/mol. The molecule has 0 aliphatic carbocycles. The Balaban J connectivity index is 1.35. The lowest BCUT2D eigenvalue weighted by atomic mass is 9.96.